The first-order chi connectivity index (χ1) is 7.63. The van der Waals surface area contributed by atoms with Crippen LogP contribution in [-0.4, -0.2) is 20.3 Å². The largest absolute Gasteiger partial charge is 0.497 e. The fourth-order valence-electron chi connectivity index (χ4n) is 1.83. The van der Waals surface area contributed by atoms with Gasteiger partial charge in [0, 0.05) is 23.5 Å². The van der Waals surface area contributed by atoms with Crippen LogP contribution in [0.1, 0.15) is 27.2 Å². The summed E-state index contributed by atoms with van der Waals surface area (Å²) in [5.74, 6) is 0.631. The van der Waals surface area contributed by atoms with E-state index in [1.54, 1.807) is 13.4 Å². The van der Waals surface area contributed by atoms with E-state index in [9.17, 15) is 4.21 Å². The van der Waals surface area contributed by atoms with Gasteiger partial charge in [-0.05, 0) is 11.5 Å². The van der Waals surface area contributed by atoms with Crippen molar-refractivity contribution in [3.05, 3.63) is 23.1 Å². The Morgan fingerprint density at radius 3 is 2.41 bits per heavy atom. The van der Waals surface area contributed by atoms with E-state index in [0.29, 0.717) is 17.9 Å². The monoisotopic (exact) mass is 369 g/mol. The van der Waals surface area contributed by atoms with Gasteiger partial charge in [0.1, 0.15) is 5.76 Å². The first-order valence-corrected chi connectivity index (χ1v) is 8.04. The van der Waals surface area contributed by atoms with Crippen molar-refractivity contribution in [1.82, 2.24) is 0 Å². The fourth-order valence-corrected chi connectivity index (χ4v) is 3.59. The van der Waals surface area contributed by atoms with Gasteiger partial charge in [0.15, 0.2) is 2.75 Å². The molecule has 0 aromatic rings. The second-order valence-corrected chi connectivity index (χ2v) is 9.45. The zero-order valence-electron chi connectivity index (χ0n) is 11.0. The normalized spacial score (nSPS) is 27.8. The van der Waals surface area contributed by atoms with Crippen LogP contribution in [0.15, 0.2) is 23.1 Å². The molecule has 0 saturated heterocycles. The lowest BCUT2D eigenvalue weighted by atomic mass is 9.81. The molecule has 0 fully saturated rings. The maximum atomic E-state index is 12.0. The van der Waals surface area contributed by atoms with Gasteiger partial charge in [-0.2, -0.15) is 0 Å². The summed E-state index contributed by atoms with van der Waals surface area (Å²) < 4.78 is 16.8. The minimum Gasteiger partial charge on any atom is -0.497 e. The Morgan fingerprint density at radius 1 is 1.53 bits per heavy atom. The summed E-state index contributed by atoms with van der Waals surface area (Å²) in [4.78, 5) is 0. The molecule has 0 bridgehead atoms. The smallest absolute Gasteiger partial charge is 0.159 e. The molecule has 3 nitrogen and oxygen atoms in total. The van der Waals surface area contributed by atoms with Crippen LogP contribution in [0, 0.1) is 5.41 Å². The highest BCUT2D eigenvalue weighted by molar-refractivity contribution is 14.1. The molecule has 0 heterocycles. The van der Waals surface area contributed by atoms with Gasteiger partial charge in [0.2, 0.25) is 0 Å². The summed E-state index contributed by atoms with van der Waals surface area (Å²) in [5, 5.41) is 0. The highest BCUT2D eigenvalue weighted by Crippen LogP contribution is 2.46. The number of ether oxygens (including phenoxy) is 1. The second kappa shape index (κ2) is 4.91. The Morgan fingerprint density at radius 2 is 2.06 bits per heavy atom. The number of rotatable bonds is 2. The molecule has 98 valence electrons. The number of hydrogen-bond donors (Lipinski definition) is 1. The van der Waals surface area contributed by atoms with Crippen molar-refractivity contribution in [1.29, 1.82) is 0 Å². The van der Waals surface area contributed by atoms with Crippen LogP contribution < -0.4 is 5.73 Å². The van der Waals surface area contributed by atoms with Gasteiger partial charge in [-0.3, -0.25) is 4.21 Å². The van der Waals surface area contributed by atoms with Crippen LogP contribution in [-0.2, 0) is 15.5 Å². The van der Waals surface area contributed by atoms with E-state index in [4.69, 9.17) is 10.5 Å². The van der Waals surface area contributed by atoms with E-state index in [1.165, 1.54) is 5.57 Å². The first kappa shape index (κ1) is 15.0. The Balaban J connectivity index is 3.34. The minimum atomic E-state index is -1.04. The maximum Gasteiger partial charge on any atom is 0.159 e. The third-order valence-corrected chi connectivity index (χ3v) is 6.94. The fraction of sp³-hybridized carbons (Fsp3) is 0.667. The number of methoxy groups -OCH3 is 1. The van der Waals surface area contributed by atoms with Gasteiger partial charge in [0.25, 0.3) is 0 Å². The number of halogens is 1. The van der Waals surface area contributed by atoms with Gasteiger partial charge in [0.05, 0.1) is 12.8 Å². The van der Waals surface area contributed by atoms with E-state index in [-0.39, 0.29) is 5.41 Å². The molecule has 0 aromatic heterocycles. The van der Waals surface area contributed by atoms with Crippen molar-refractivity contribution in [3.63, 3.8) is 0 Å². The summed E-state index contributed by atoms with van der Waals surface area (Å²) >= 11 is 2.21. The van der Waals surface area contributed by atoms with Gasteiger partial charge < -0.3 is 10.5 Å². The molecule has 1 unspecified atom stereocenters. The standard InChI is InChI=1S/C12H20INO2S/c1-11(2,3)8-6-9(14)10(16-4)12(13,7-8)17(5)15/h6H,7,14H2,1-5H3/t12-,17?/m0/s1. The van der Waals surface area contributed by atoms with Crippen molar-refractivity contribution < 1.29 is 8.95 Å². The number of nitrogens with two attached hydrogens (primary N) is 1. The topological polar surface area (TPSA) is 52.3 Å². The first-order valence-electron chi connectivity index (χ1n) is 5.40. The Labute approximate surface area is 119 Å². The molecule has 1 aliphatic carbocycles. The van der Waals surface area contributed by atoms with E-state index < -0.39 is 13.6 Å². The van der Waals surface area contributed by atoms with Gasteiger partial charge in [-0.15, -0.1) is 0 Å². The van der Waals surface area contributed by atoms with Crippen molar-refractivity contribution in [2.24, 2.45) is 11.1 Å². The molecule has 1 aliphatic rings. The molecule has 0 aliphatic heterocycles. The maximum absolute atomic E-state index is 12.0. The number of allylic oxidation sites excluding steroid dienone is 2. The van der Waals surface area contributed by atoms with Crippen LogP contribution >= 0.6 is 22.6 Å². The minimum absolute atomic E-state index is 0.0275. The Hall–Kier alpha value is -0.0400. The highest BCUT2D eigenvalue weighted by atomic mass is 127. The van der Waals surface area contributed by atoms with Crippen LogP contribution in [0.5, 0.6) is 0 Å². The van der Waals surface area contributed by atoms with Crippen molar-refractivity contribution in [2.45, 2.75) is 29.9 Å². The number of hydrogen-bond acceptors (Lipinski definition) is 3. The van der Waals surface area contributed by atoms with Crippen LogP contribution in [0.4, 0.5) is 0 Å². The third kappa shape index (κ3) is 2.86. The molecule has 0 aromatic carbocycles. The predicted octanol–water partition coefficient (Wildman–Crippen LogP) is 2.69. The van der Waals surface area contributed by atoms with E-state index in [1.807, 2.05) is 6.08 Å². The van der Waals surface area contributed by atoms with Crippen molar-refractivity contribution >= 4 is 33.4 Å². The number of alkyl halides is 1. The molecule has 0 saturated carbocycles. The molecule has 0 amide bonds. The molecular formula is C12H20INO2S. The SMILES string of the molecule is COC1=C(N)C=C(C(C)(C)C)C[C@]1(I)S(C)=O. The van der Waals surface area contributed by atoms with Crippen LogP contribution in [0.3, 0.4) is 0 Å². The lowest BCUT2D eigenvalue weighted by Crippen LogP contribution is -2.37. The van der Waals surface area contributed by atoms with E-state index in [0.717, 1.165) is 0 Å². The summed E-state index contributed by atoms with van der Waals surface area (Å²) in [7, 11) is 0.541. The zero-order valence-corrected chi connectivity index (χ0v) is 13.9. The van der Waals surface area contributed by atoms with Crippen LogP contribution in [0.25, 0.3) is 0 Å². The van der Waals surface area contributed by atoms with E-state index in [2.05, 4.69) is 43.4 Å². The van der Waals surface area contributed by atoms with E-state index >= 15 is 0 Å². The average Bonchev–Trinajstić information content (AvgIpc) is 2.15. The zero-order chi connectivity index (χ0) is 13.4. The molecular weight excluding hydrogens is 349 g/mol. The molecule has 5 heteroatoms. The molecule has 17 heavy (non-hydrogen) atoms. The Kier molecular flexibility index (Phi) is 4.34. The summed E-state index contributed by atoms with van der Waals surface area (Å²) in [5.41, 5.74) is 7.86. The predicted molar refractivity (Wildman–Crippen MR) is 81.2 cm³/mol. The summed E-state index contributed by atoms with van der Waals surface area (Å²) in [6.07, 6.45) is 4.37. The lowest BCUT2D eigenvalue weighted by molar-refractivity contribution is 0.267. The van der Waals surface area contributed by atoms with Gasteiger partial charge >= 0.3 is 0 Å². The summed E-state index contributed by atoms with van der Waals surface area (Å²) in [6, 6.07) is 0. The lowest BCUT2D eigenvalue weighted by Gasteiger charge is -2.36. The molecule has 2 N–H and O–H groups in total. The van der Waals surface area contributed by atoms with Crippen molar-refractivity contribution in [3.8, 4) is 0 Å². The molecule has 2 atom stereocenters. The van der Waals surface area contributed by atoms with Gasteiger partial charge in [-0.1, -0.05) is 48.9 Å². The van der Waals surface area contributed by atoms with Crippen molar-refractivity contribution in [2.75, 3.05) is 13.4 Å². The molecule has 1 rings (SSSR count). The third-order valence-electron chi connectivity index (χ3n) is 2.97. The second-order valence-electron chi connectivity index (χ2n) is 5.27. The van der Waals surface area contributed by atoms with Gasteiger partial charge in [-0.25, -0.2) is 0 Å². The molecule has 0 radical (unpaired) electrons. The Bertz CT molecular complexity index is 409. The summed E-state index contributed by atoms with van der Waals surface area (Å²) in [6.45, 7) is 6.42. The highest BCUT2D eigenvalue weighted by Gasteiger charge is 2.43. The van der Waals surface area contributed by atoms with Crippen LogP contribution in [0.2, 0.25) is 0 Å². The quantitative estimate of drug-likeness (QED) is 0.602. The average molecular weight is 369 g/mol. The molecule has 0 spiro atoms.